The Balaban J connectivity index is 2.45. The number of hydrogen-bond acceptors (Lipinski definition) is 1. The van der Waals surface area contributed by atoms with Crippen LogP contribution in [0.3, 0.4) is 0 Å². The first-order valence-corrected chi connectivity index (χ1v) is 8.47. The molecule has 0 aromatic heterocycles. The van der Waals surface area contributed by atoms with E-state index in [-0.39, 0.29) is 0 Å². The summed E-state index contributed by atoms with van der Waals surface area (Å²) in [6.45, 7) is 14.1. The zero-order chi connectivity index (χ0) is 15.8. The second kappa shape index (κ2) is 9.25. The van der Waals surface area contributed by atoms with Crippen molar-refractivity contribution in [2.24, 2.45) is 5.92 Å². The first-order chi connectivity index (χ1) is 9.90. The molecule has 0 spiro atoms. The standard InChI is InChI=1S/C20H34O/c1-15(2)8-7-9-17(5)12-13-21-20-14-18(6)10-11-19(20)16(3)4/h8,12,18,20H,7,9-11,13-14H2,1-6H3. The molecule has 0 heterocycles. The van der Waals surface area contributed by atoms with E-state index in [4.69, 9.17) is 4.74 Å². The third kappa shape index (κ3) is 7.13. The van der Waals surface area contributed by atoms with Crippen molar-refractivity contribution in [1.82, 2.24) is 0 Å². The van der Waals surface area contributed by atoms with Gasteiger partial charge in [0.2, 0.25) is 0 Å². The fourth-order valence-corrected chi connectivity index (χ4v) is 2.93. The SMILES string of the molecule is CC(C)=CCCC(C)=CCOC1CC(C)CCC1=C(C)C. The van der Waals surface area contributed by atoms with E-state index < -0.39 is 0 Å². The van der Waals surface area contributed by atoms with Gasteiger partial charge < -0.3 is 4.74 Å². The Morgan fingerprint density at radius 1 is 1.14 bits per heavy atom. The van der Waals surface area contributed by atoms with Crippen molar-refractivity contribution in [3.8, 4) is 0 Å². The first kappa shape index (κ1) is 18.2. The monoisotopic (exact) mass is 290 g/mol. The van der Waals surface area contributed by atoms with Gasteiger partial charge in [0, 0.05) is 0 Å². The van der Waals surface area contributed by atoms with E-state index in [2.05, 4.69) is 53.7 Å². The van der Waals surface area contributed by atoms with Crippen molar-refractivity contribution in [1.29, 1.82) is 0 Å². The topological polar surface area (TPSA) is 9.23 Å². The van der Waals surface area contributed by atoms with Gasteiger partial charge in [0.05, 0.1) is 12.7 Å². The predicted molar refractivity (Wildman–Crippen MR) is 93.6 cm³/mol. The molecule has 1 nitrogen and oxygen atoms in total. The van der Waals surface area contributed by atoms with Crippen LogP contribution in [-0.2, 0) is 4.74 Å². The molecule has 0 bridgehead atoms. The normalized spacial score (nSPS) is 23.1. The summed E-state index contributed by atoms with van der Waals surface area (Å²) in [7, 11) is 0. The Hall–Kier alpha value is -0.820. The van der Waals surface area contributed by atoms with Gasteiger partial charge in [0.15, 0.2) is 0 Å². The van der Waals surface area contributed by atoms with Crippen LogP contribution in [-0.4, -0.2) is 12.7 Å². The van der Waals surface area contributed by atoms with E-state index in [0.717, 1.165) is 25.4 Å². The van der Waals surface area contributed by atoms with Gasteiger partial charge in [-0.25, -0.2) is 0 Å². The minimum Gasteiger partial charge on any atom is -0.370 e. The lowest BCUT2D eigenvalue weighted by Crippen LogP contribution is -2.25. The van der Waals surface area contributed by atoms with Gasteiger partial charge in [0.1, 0.15) is 0 Å². The van der Waals surface area contributed by atoms with E-state index >= 15 is 0 Å². The van der Waals surface area contributed by atoms with Crippen molar-refractivity contribution in [2.75, 3.05) is 6.61 Å². The quantitative estimate of drug-likeness (QED) is 0.527. The lowest BCUT2D eigenvalue weighted by molar-refractivity contribution is 0.0664. The van der Waals surface area contributed by atoms with Crippen molar-refractivity contribution < 1.29 is 4.74 Å². The summed E-state index contributed by atoms with van der Waals surface area (Å²) in [5.41, 5.74) is 5.85. The highest BCUT2D eigenvalue weighted by atomic mass is 16.5. The van der Waals surface area contributed by atoms with Crippen molar-refractivity contribution in [2.45, 2.75) is 79.8 Å². The van der Waals surface area contributed by atoms with Crippen LogP contribution >= 0.6 is 0 Å². The Kier molecular flexibility index (Phi) is 8.03. The first-order valence-electron chi connectivity index (χ1n) is 8.47. The van der Waals surface area contributed by atoms with Gasteiger partial charge in [-0.3, -0.25) is 0 Å². The molecule has 1 fully saturated rings. The Morgan fingerprint density at radius 2 is 1.86 bits per heavy atom. The molecule has 0 aromatic rings. The molecule has 0 radical (unpaired) electrons. The fourth-order valence-electron chi connectivity index (χ4n) is 2.93. The smallest absolute Gasteiger partial charge is 0.0794 e. The summed E-state index contributed by atoms with van der Waals surface area (Å²) < 4.78 is 6.18. The molecular formula is C20H34O. The molecule has 1 rings (SSSR count). The highest BCUT2D eigenvalue weighted by Gasteiger charge is 2.24. The molecule has 1 aliphatic carbocycles. The summed E-state index contributed by atoms with van der Waals surface area (Å²) in [6.07, 6.45) is 10.9. The summed E-state index contributed by atoms with van der Waals surface area (Å²) in [4.78, 5) is 0. The summed E-state index contributed by atoms with van der Waals surface area (Å²) in [5, 5.41) is 0. The Morgan fingerprint density at radius 3 is 2.48 bits per heavy atom. The van der Waals surface area contributed by atoms with Crippen LogP contribution in [0.25, 0.3) is 0 Å². The van der Waals surface area contributed by atoms with Gasteiger partial charge in [0.25, 0.3) is 0 Å². The molecule has 0 aromatic carbocycles. The van der Waals surface area contributed by atoms with Gasteiger partial charge in [-0.15, -0.1) is 0 Å². The molecular weight excluding hydrogens is 256 g/mol. The molecule has 0 aliphatic heterocycles. The Bertz CT molecular complexity index is 404. The summed E-state index contributed by atoms with van der Waals surface area (Å²) in [6, 6.07) is 0. The maximum Gasteiger partial charge on any atom is 0.0794 e. The van der Waals surface area contributed by atoms with Crippen LogP contribution in [0.2, 0.25) is 0 Å². The number of allylic oxidation sites excluding steroid dienone is 4. The maximum atomic E-state index is 6.18. The highest BCUT2D eigenvalue weighted by molar-refractivity contribution is 5.17. The van der Waals surface area contributed by atoms with E-state index in [1.54, 1.807) is 5.57 Å². The molecule has 0 N–H and O–H groups in total. The summed E-state index contributed by atoms with van der Waals surface area (Å²) >= 11 is 0. The maximum absolute atomic E-state index is 6.18. The van der Waals surface area contributed by atoms with E-state index in [1.165, 1.54) is 36.0 Å². The third-order valence-corrected chi connectivity index (χ3v) is 4.37. The van der Waals surface area contributed by atoms with Crippen molar-refractivity contribution >= 4 is 0 Å². The lowest BCUT2D eigenvalue weighted by Gasteiger charge is -2.30. The second-order valence-electron chi connectivity index (χ2n) is 7.10. The molecule has 120 valence electrons. The average Bonchev–Trinajstić information content (AvgIpc) is 2.38. The van der Waals surface area contributed by atoms with Crippen LogP contribution in [0.4, 0.5) is 0 Å². The van der Waals surface area contributed by atoms with E-state index in [9.17, 15) is 0 Å². The number of hydrogen-bond donors (Lipinski definition) is 0. The Labute approximate surface area is 132 Å². The van der Waals surface area contributed by atoms with E-state index in [0.29, 0.717) is 6.10 Å². The number of rotatable bonds is 6. The largest absolute Gasteiger partial charge is 0.370 e. The molecule has 1 aliphatic rings. The molecule has 2 unspecified atom stereocenters. The average molecular weight is 290 g/mol. The van der Waals surface area contributed by atoms with Crippen molar-refractivity contribution in [3.63, 3.8) is 0 Å². The predicted octanol–water partition coefficient (Wildman–Crippen LogP) is 6.22. The van der Waals surface area contributed by atoms with Crippen LogP contribution in [0, 0.1) is 5.92 Å². The molecule has 21 heavy (non-hydrogen) atoms. The number of ether oxygens (including phenoxy) is 1. The van der Waals surface area contributed by atoms with Gasteiger partial charge >= 0.3 is 0 Å². The van der Waals surface area contributed by atoms with E-state index in [1.807, 2.05) is 0 Å². The van der Waals surface area contributed by atoms with Crippen LogP contribution in [0.5, 0.6) is 0 Å². The van der Waals surface area contributed by atoms with Gasteiger partial charge in [-0.05, 0) is 78.2 Å². The zero-order valence-electron chi connectivity index (χ0n) is 15.0. The zero-order valence-corrected chi connectivity index (χ0v) is 15.0. The molecule has 2 atom stereocenters. The minimum absolute atomic E-state index is 0.348. The van der Waals surface area contributed by atoms with Crippen LogP contribution in [0.1, 0.15) is 73.6 Å². The second-order valence-corrected chi connectivity index (χ2v) is 7.10. The molecule has 1 saturated carbocycles. The van der Waals surface area contributed by atoms with Gasteiger partial charge in [-0.2, -0.15) is 0 Å². The van der Waals surface area contributed by atoms with Crippen LogP contribution < -0.4 is 0 Å². The molecule has 1 heteroatoms. The molecule has 0 amide bonds. The van der Waals surface area contributed by atoms with Gasteiger partial charge in [-0.1, -0.05) is 35.8 Å². The highest BCUT2D eigenvalue weighted by Crippen LogP contribution is 2.32. The summed E-state index contributed by atoms with van der Waals surface area (Å²) in [5.74, 6) is 0.792. The lowest BCUT2D eigenvalue weighted by atomic mass is 9.83. The van der Waals surface area contributed by atoms with Crippen LogP contribution in [0.15, 0.2) is 34.4 Å². The van der Waals surface area contributed by atoms with Crippen molar-refractivity contribution in [3.05, 3.63) is 34.4 Å². The molecule has 0 saturated heterocycles. The third-order valence-electron chi connectivity index (χ3n) is 4.37. The fraction of sp³-hybridized carbons (Fsp3) is 0.700. The minimum atomic E-state index is 0.348.